The van der Waals surface area contributed by atoms with E-state index in [0.717, 1.165) is 50.5 Å². The predicted molar refractivity (Wildman–Crippen MR) is 105 cm³/mol. The van der Waals surface area contributed by atoms with Crippen LogP contribution in [0.5, 0.6) is 0 Å². The van der Waals surface area contributed by atoms with Crippen LogP contribution in [0.2, 0.25) is 0 Å². The van der Waals surface area contributed by atoms with Crippen molar-refractivity contribution < 1.29 is 4.79 Å². The minimum absolute atomic E-state index is 0.000527. The Morgan fingerprint density at radius 3 is 2.41 bits per heavy atom. The molecule has 2 aliphatic rings. The number of anilines is 2. The van der Waals surface area contributed by atoms with E-state index in [9.17, 15) is 4.79 Å². The molecule has 7 heteroatoms. The lowest BCUT2D eigenvalue weighted by atomic mass is 10.1. The molecule has 2 fully saturated rings. The first-order chi connectivity index (χ1) is 13.2. The van der Waals surface area contributed by atoms with Crippen molar-refractivity contribution in [3.05, 3.63) is 41.9 Å². The van der Waals surface area contributed by atoms with Gasteiger partial charge in [0.15, 0.2) is 0 Å². The second-order valence-electron chi connectivity index (χ2n) is 7.21. The van der Waals surface area contributed by atoms with E-state index in [1.165, 1.54) is 6.42 Å². The van der Waals surface area contributed by atoms with Crippen LogP contribution in [0.1, 0.15) is 35.4 Å². The fourth-order valence-corrected chi connectivity index (χ4v) is 3.74. The maximum Gasteiger partial charge on any atom is 0.272 e. The Balaban J connectivity index is 1.44. The van der Waals surface area contributed by atoms with Gasteiger partial charge in [0.05, 0.1) is 0 Å². The summed E-state index contributed by atoms with van der Waals surface area (Å²) in [5.41, 5.74) is 1.36. The third-order valence-corrected chi connectivity index (χ3v) is 5.24. The van der Waals surface area contributed by atoms with Crippen LogP contribution in [0.3, 0.4) is 0 Å². The lowest BCUT2D eigenvalue weighted by Crippen LogP contribution is -2.49. The second kappa shape index (κ2) is 7.90. The van der Waals surface area contributed by atoms with E-state index in [1.807, 2.05) is 30.0 Å². The van der Waals surface area contributed by atoms with Crippen LogP contribution in [0.4, 0.5) is 11.8 Å². The summed E-state index contributed by atoms with van der Waals surface area (Å²) < 4.78 is 0. The van der Waals surface area contributed by atoms with Gasteiger partial charge in [0.25, 0.3) is 5.91 Å². The van der Waals surface area contributed by atoms with Crippen LogP contribution in [-0.2, 0) is 0 Å². The molecular formula is C20H26N6O. The third-order valence-electron chi connectivity index (χ3n) is 5.24. The molecule has 0 saturated carbocycles. The first-order valence-electron chi connectivity index (χ1n) is 9.76. The average Bonchev–Trinajstić information content (AvgIpc) is 2.74. The normalized spacial score (nSPS) is 17.9. The molecule has 0 atom stereocenters. The summed E-state index contributed by atoms with van der Waals surface area (Å²) in [6.07, 6.45) is 5.39. The Morgan fingerprint density at radius 1 is 0.926 bits per heavy atom. The Labute approximate surface area is 160 Å². The van der Waals surface area contributed by atoms with Gasteiger partial charge in [0.2, 0.25) is 5.95 Å². The predicted octanol–water partition coefficient (Wildman–Crippen LogP) is 2.13. The van der Waals surface area contributed by atoms with Gasteiger partial charge in [-0.1, -0.05) is 6.07 Å². The van der Waals surface area contributed by atoms with E-state index < -0.39 is 0 Å². The molecule has 2 aromatic rings. The van der Waals surface area contributed by atoms with Crippen molar-refractivity contribution in [2.24, 2.45) is 0 Å². The number of nitrogens with zero attached hydrogens (tertiary/aromatic N) is 6. The molecule has 0 spiro atoms. The molecule has 4 rings (SSSR count). The van der Waals surface area contributed by atoms with Gasteiger partial charge in [-0.25, -0.2) is 15.0 Å². The Bertz CT molecular complexity index is 782. The minimum atomic E-state index is -0.000527. The van der Waals surface area contributed by atoms with Gasteiger partial charge in [-0.15, -0.1) is 0 Å². The first-order valence-corrected chi connectivity index (χ1v) is 9.76. The van der Waals surface area contributed by atoms with Crippen molar-refractivity contribution in [3.8, 4) is 0 Å². The van der Waals surface area contributed by atoms with Crippen molar-refractivity contribution in [2.75, 3.05) is 49.1 Å². The van der Waals surface area contributed by atoms with Gasteiger partial charge in [0.1, 0.15) is 11.5 Å². The first kappa shape index (κ1) is 17.7. The molecule has 4 heterocycles. The zero-order valence-electron chi connectivity index (χ0n) is 15.8. The van der Waals surface area contributed by atoms with Crippen molar-refractivity contribution in [3.63, 3.8) is 0 Å². The van der Waals surface area contributed by atoms with E-state index in [1.54, 1.807) is 12.3 Å². The number of amides is 1. The van der Waals surface area contributed by atoms with Gasteiger partial charge in [-0.3, -0.25) is 4.79 Å². The van der Waals surface area contributed by atoms with Gasteiger partial charge < -0.3 is 14.7 Å². The molecule has 1 amide bonds. The standard InChI is InChI=1S/C20H26N6O/c1-16-15-17(23-20(22-16)26-9-5-2-6-10-26)19(27)25-13-11-24(12-14-25)18-7-3-4-8-21-18/h3-4,7-8,15H,2,5-6,9-14H2,1H3. The van der Waals surface area contributed by atoms with E-state index in [0.29, 0.717) is 24.7 Å². The molecule has 0 radical (unpaired) electrons. The molecule has 2 aromatic heterocycles. The highest BCUT2D eigenvalue weighted by Crippen LogP contribution is 2.18. The quantitative estimate of drug-likeness (QED) is 0.829. The van der Waals surface area contributed by atoms with Crippen LogP contribution in [0.15, 0.2) is 30.5 Å². The molecule has 0 unspecified atom stereocenters. The van der Waals surface area contributed by atoms with Crippen molar-refractivity contribution in [1.82, 2.24) is 19.9 Å². The molecule has 0 aromatic carbocycles. The van der Waals surface area contributed by atoms with Crippen molar-refractivity contribution in [2.45, 2.75) is 26.2 Å². The number of piperazine rings is 1. The van der Waals surface area contributed by atoms with Crippen molar-refractivity contribution >= 4 is 17.7 Å². The van der Waals surface area contributed by atoms with Crippen LogP contribution in [-0.4, -0.2) is 65.0 Å². The topological polar surface area (TPSA) is 65.5 Å². The number of carbonyl (C=O) groups excluding carboxylic acids is 1. The van der Waals surface area contributed by atoms with Gasteiger partial charge in [0, 0.05) is 51.2 Å². The van der Waals surface area contributed by atoms with Crippen LogP contribution < -0.4 is 9.80 Å². The number of rotatable bonds is 3. The molecule has 142 valence electrons. The number of piperidine rings is 1. The fraction of sp³-hybridized carbons (Fsp3) is 0.500. The van der Waals surface area contributed by atoms with Crippen LogP contribution in [0.25, 0.3) is 0 Å². The maximum absolute atomic E-state index is 13.0. The van der Waals surface area contributed by atoms with Crippen LogP contribution in [0, 0.1) is 6.92 Å². The highest BCUT2D eigenvalue weighted by molar-refractivity contribution is 5.92. The number of aromatic nitrogens is 3. The highest BCUT2D eigenvalue weighted by Gasteiger charge is 2.25. The molecule has 0 bridgehead atoms. The van der Waals surface area contributed by atoms with Crippen molar-refractivity contribution in [1.29, 1.82) is 0 Å². The van der Waals surface area contributed by atoms with E-state index in [4.69, 9.17) is 0 Å². The van der Waals surface area contributed by atoms with Gasteiger partial charge in [-0.05, 0) is 44.4 Å². The number of hydrogen-bond acceptors (Lipinski definition) is 6. The molecule has 0 N–H and O–H groups in total. The Kier molecular flexibility index (Phi) is 5.18. The van der Waals surface area contributed by atoms with E-state index in [2.05, 4.69) is 24.8 Å². The van der Waals surface area contributed by atoms with E-state index >= 15 is 0 Å². The number of hydrogen-bond donors (Lipinski definition) is 0. The summed E-state index contributed by atoms with van der Waals surface area (Å²) in [5.74, 6) is 1.67. The van der Waals surface area contributed by atoms with E-state index in [-0.39, 0.29) is 5.91 Å². The number of aryl methyl sites for hydroxylation is 1. The highest BCUT2D eigenvalue weighted by atomic mass is 16.2. The van der Waals surface area contributed by atoms with Gasteiger partial charge >= 0.3 is 0 Å². The van der Waals surface area contributed by atoms with Crippen LogP contribution >= 0.6 is 0 Å². The lowest BCUT2D eigenvalue weighted by molar-refractivity contribution is 0.0740. The third kappa shape index (κ3) is 4.02. The smallest absolute Gasteiger partial charge is 0.272 e. The average molecular weight is 366 g/mol. The molecule has 27 heavy (non-hydrogen) atoms. The summed E-state index contributed by atoms with van der Waals surface area (Å²) in [6, 6.07) is 7.73. The monoisotopic (exact) mass is 366 g/mol. The summed E-state index contributed by atoms with van der Waals surface area (Å²) >= 11 is 0. The second-order valence-corrected chi connectivity index (χ2v) is 7.21. The summed E-state index contributed by atoms with van der Waals surface area (Å²) in [7, 11) is 0. The fourth-order valence-electron chi connectivity index (χ4n) is 3.74. The zero-order valence-corrected chi connectivity index (χ0v) is 15.8. The molecular weight excluding hydrogens is 340 g/mol. The SMILES string of the molecule is Cc1cc(C(=O)N2CCN(c3ccccn3)CC2)nc(N2CCCCC2)n1. The maximum atomic E-state index is 13.0. The summed E-state index contributed by atoms with van der Waals surface area (Å²) in [4.78, 5) is 32.9. The molecule has 2 aliphatic heterocycles. The van der Waals surface area contributed by atoms with Gasteiger partial charge in [-0.2, -0.15) is 0 Å². The zero-order chi connectivity index (χ0) is 18.6. The summed E-state index contributed by atoms with van der Waals surface area (Å²) in [5, 5.41) is 0. The largest absolute Gasteiger partial charge is 0.353 e. The molecule has 7 nitrogen and oxygen atoms in total. The minimum Gasteiger partial charge on any atom is -0.353 e. The molecule has 0 aliphatic carbocycles. The summed E-state index contributed by atoms with van der Waals surface area (Å²) in [6.45, 7) is 6.80. The lowest BCUT2D eigenvalue weighted by Gasteiger charge is -2.35. The number of carbonyl (C=O) groups is 1. The Hall–Kier alpha value is -2.70. The Morgan fingerprint density at radius 2 is 1.70 bits per heavy atom. The number of pyridine rings is 1. The molecule has 2 saturated heterocycles.